The Hall–Kier alpha value is -3.41. The summed E-state index contributed by atoms with van der Waals surface area (Å²) in [5.74, 6) is -2.69. The fourth-order valence-corrected chi connectivity index (χ4v) is 3.06. The van der Waals surface area contributed by atoms with Crippen LogP contribution >= 0.6 is 0 Å². The Morgan fingerprint density at radius 2 is 1.41 bits per heavy atom. The molecule has 176 valence electrons. The summed E-state index contributed by atoms with van der Waals surface area (Å²) in [6, 6.07) is 2.41. The van der Waals surface area contributed by atoms with Gasteiger partial charge in [-0.3, -0.25) is 19.2 Å². The molecule has 12 nitrogen and oxygen atoms in total. The molecule has 0 aliphatic carbocycles. The van der Waals surface area contributed by atoms with Gasteiger partial charge in [0.15, 0.2) is 12.2 Å². The topological polar surface area (TPSA) is 154 Å². The molecule has 0 N–H and O–H groups in total. The maximum absolute atomic E-state index is 11.8. The summed E-state index contributed by atoms with van der Waals surface area (Å²) < 4.78 is 37.2. The van der Waals surface area contributed by atoms with Crippen LogP contribution in [0.1, 0.15) is 33.5 Å². The van der Waals surface area contributed by atoms with Crippen LogP contribution in [0.25, 0.3) is 0 Å². The van der Waals surface area contributed by atoms with Crippen molar-refractivity contribution in [2.45, 2.75) is 65.3 Å². The minimum absolute atomic E-state index is 0.0136. The molecule has 0 spiro atoms. The SMILES string of the molecule is CC(=O)OC[C@H]1O[C@@H](Oc2cc(C)oc(=O)c2)[C@H](OC(C)=O)[C@@H](OC(C)=O)[C@@H]1OC(C)=O. The first kappa shape index (κ1) is 24.9. The van der Waals surface area contributed by atoms with E-state index in [-0.39, 0.29) is 11.5 Å². The van der Waals surface area contributed by atoms with Gasteiger partial charge in [-0.1, -0.05) is 0 Å². The van der Waals surface area contributed by atoms with Crippen molar-refractivity contribution in [2.75, 3.05) is 6.61 Å². The molecule has 12 heteroatoms. The molecule has 0 bridgehead atoms. The van der Waals surface area contributed by atoms with E-state index >= 15 is 0 Å². The number of carbonyl (C=O) groups is 4. The summed E-state index contributed by atoms with van der Waals surface area (Å²) in [5.41, 5.74) is -0.703. The molecule has 2 rings (SSSR count). The highest BCUT2D eigenvalue weighted by molar-refractivity contribution is 5.68. The van der Waals surface area contributed by atoms with E-state index in [1.54, 1.807) is 0 Å². The largest absolute Gasteiger partial charge is 0.463 e. The summed E-state index contributed by atoms with van der Waals surface area (Å²) in [6.07, 6.45) is -6.67. The van der Waals surface area contributed by atoms with Gasteiger partial charge in [0.05, 0.1) is 6.07 Å². The molecule has 1 aromatic heterocycles. The van der Waals surface area contributed by atoms with Gasteiger partial charge in [-0.25, -0.2) is 4.79 Å². The third kappa shape index (κ3) is 7.08. The fraction of sp³-hybridized carbons (Fsp3) is 0.550. The monoisotopic (exact) mass is 456 g/mol. The summed E-state index contributed by atoms with van der Waals surface area (Å²) >= 11 is 0. The lowest BCUT2D eigenvalue weighted by atomic mass is 9.98. The van der Waals surface area contributed by atoms with Crippen molar-refractivity contribution in [1.82, 2.24) is 0 Å². The molecule has 0 saturated carbocycles. The lowest BCUT2D eigenvalue weighted by molar-refractivity contribution is -0.288. The van der Waals surface area contributed by atoms with Crippen LogP contribution < -0.4 is 10.4 Å². The standard InChI is InChI=1S/C20H24O12/c1-9-6-14(7-16(25)27-9)31-20-19(30-13(5)24)18(29-12(4)23)17(28-11(3)22)15(32-20)8-26-10(2)21/h6-7,15,17-20H,8H2,1-5H3/t15-,17-,18+,19-,20-/m1/s1. The summed E-state index contributed by atoms with van der Waals surface area (Å²) in [5, 5.41) is 0. The van der Waals surface area contributed by atoms with Crippen molar-refractivity contribution in [1.29, 1.82) is 0 Å². The van der Waals surface area contributed by atoms with Crippen LogP contribution in [0.4, 0.5) is 0 Å². The molecule has 5 atom stereocenters. The number of hydrogen-bond acceptors (Lipinski definition) is 12. The third-order valence-corrected chi connectivity index (χ3v) is 4.07. The van der Waals surface area contributed by atoms with Crippen LogP contribution in [-0.4, -0.2) is 61.2 Å². The number of carbonyl (C=O) groups excluding carboxylic acids is 4. The van der Waals surface area contributed by atoms with E-state index in [0.29, 0.717) is 0 Å². The minimum Gasteiger partial charge on any atom is -0.463 e. The molecule has 0 aromatic carbocycles. The summed E-state index contributed by atoms with van der Waals surface area (Å²) in [4.78, 5) is 58.2. The van der Waals surface area contributed by atoms with Crippen LogP contribution in [0, 0.1) is 6.92 Å². The van der Waals surface area contributed by atoms with Gasteiger partial charge >= 0.3 is 29.5 Å². The second kappa shape index (κ2) is 10.8. The summed E-state index contributed by atoms with van der Waals surface area (Å²) in [6.45, 7) is 5.61. The smallest absolute Gasteiger partial charge is 0.339 e. The van der Waals surface area contributed by atoms with Crippen molar-refractivity contribution in [3.8, 4) is 5.75 Å². The van der Waals surface area contributed by atoms with Gasteiger partial charge in [0.2, 0.25) is 12.4 Å². The molecule has 1 aliphatic rings. The highest BCUT2D eigenvalue weighted by atomic mass is 16.7. The third-order valence-electron chi connectivity index (χ3n) is 4.07. The Labute approximate surface area is 182 Å². The first-order valence-electron chi connectivity index (χ1n) is 9.55. The molecule has 0 unspecified atom stereocenters. The van der Waals surface area contributed by atoms with E-state index in [4.69, 9.17) is 32.8 Å². The molecule has 1 aromatic rings. The number of ether oxygens (including phenoxy) is 6. The molecule has 2 heterocycles. The average Bonchev–Trinajstić information content (AvgIpc) is 2.63. The zero-order chi connectivity index (χ0) is 24.0. The fourth-order valence-electron chi connectivity index (χ4n) is 3.06. The Morgan fingerprint density at radius 1 is 0.844 bits per heavy atom. The average molecular weight is 456 g/mol. The number of aryl methyl sites for hydroxylation is 1. The van der Waals surface area contributed by atoms with E-state index < -0.39 is 66.8 Å². The second-order valence-corrected chi connectivity index (χ2v) is 6.91. The lowest BCUT2D eigenvalue weighted by Gasteiger charge is -2.43. The van der Waals surface area contributed by atoms with E-state index in [1.807, 2.05) is 0 Å². The molecular formula is C20H24O12. The van der Waals surface area contributed by atoms with Gasteiger partial charge in [-0.05, 0) is 6.92 Å². The Kier molecular flexibility index (Phi) is 8.35. The van der Waals surface area contributed by atoms with Gasteiger partial charge in [-0.15, -0.1) is 0 Å². The first-order valence-corrected chi connectivity index (χ1v) is 9.55. The van der Waals surface area contributed by atoms with Gasteiger partial charge < -0.3 is 32.8 Å². The predicted molar refractivity (Wildman–Crippen MR) is 102 cm³/mol. The zero-order valence-corrected chi connectivity index (χ0v) is 18.1. The van der Waals surface area contributed by atoms with Crippen LogP contribution in [0.5, 0.6) is 5.75 Å². The van der Waals surface area contributed by atoms with E-state index in [0.717, 1.165) is 33.8 Å². The highest BCUT2D eigenvalue weighted by Crippen LogP contribution is 2.30. The first-order chi connectivity index (χ1) is 15.0. The number of hydrogen-bond donors (Lipinski definition) is 0. The molecule has 0 amide bonds. The maximum atomic E-state index is 11.8. The van der Waals surface area contributed by atoms with Gasteiger partial charge in [0.25, 0.3) is 0 Å². The molecule has 0 radical (unpaired) electrons. The van der Waals surface area contributed by atoms with Gasteiger partial charge in [-0.2, -0.15) is 0 Å². The van der Waals surface area contributed by atoms with E-state index in [2.05, 4.69) is 0 Å². The van der Waals surface area contributed by atoms with Gasteiger partial charge in [0.1, 0.15) is 24.2 Å². The molecule has 32 heavy (non-hydrogen) atoms. The van der Waals surface area contributed by atoms with Crippen molar-refractivity contribution >= 4 is 23.9 Å². The molecular weight excluding hydrogens is 432 g/mol. The number of esters is 4. The van der Waals surface area contributed by atoms with Crippen LogP contribution in [0.15, 0.2) is 21.3 Å². The quantitative estimate of drug-likeness (QED) is 0.412. The van der Waals surface area contributed by atoms with Crippen molar-refractivity contribution in [3.63, 3.8) is 0 Å². The normalized spacial score (nSPS) is 24.7. The zero-order valence-electron chi connectivity index (χ0n) is 18.1. The van der Waals surface area contributed by atoms with E-state index in [9.17, 15) is 24.0 Å². The Balaban J connectivity index is 2.48. The Morgan fingerprint density at radius 3 is 1.94 bits per heavy atom. The second-order valence-electron chi connectivity index (χ2n) is 6.91. The molecule has 1 fully saturated rings. The van der Waals surface area contributed by atoms with E-state index in [1.165, 1.54) is 13.0 Å². The lowest BCUT2D eigenvalue weighted by Crippen LogP contribution is -2.63. The number of rotatable bonds is 7. The van der Waals surface area contributed by atoms with Crippen LogP contribution in [0.2, 0.25) is 0 Å². The van der Waals surface area contributed by atoms with Crippen molar-refractivity contribution in [2.24, 2.45) is 0 Å². The van der Waals surface area contributed by atoms with Crippen molar-refractivity contribution in [3.05, 3.63) is 28.3 Å². The highest BCUT2D eigenvalue weighted by Gasteiger charge is 2.53. The van der Waals surface area contributed by atoms with Gasteiger partial charge in [0, 0.05) is 33.8 Å². The molecule has 1 aliphatic heterocycles. The Bertz CT molecular complexity index is 919. The molecule has 1 saturated heterocycles. The van der Waals surface area contributed by atoms with Crippen LogP contribution in [0.3, 0.4) is 0 Å². The minimum atomic E-state index is -1.43. The summed E-state index contributed by atoms with van der Waals surface area (Å²) in [7, 11) is 0. The maximum Gasteiger partial charge on any atom is 0.339 e. The van der Waals surface area contributed by atoms with Crippen LogP contribution in [-0.2, 0) is 42.9 Å². The van der Waals surface area contributed by atoms with Crippen molar-refractivity contribution < 1.29 is 52.0 Å². The predicted octanol–water partition coefficient (Wildman–Crippen LogP) is 0.410.